The van der Waals surface area contributed by atoms with Gasteiger partial charge in [0.1, 0.15) is 54.9 Å². The molecule has 3 rings (SSSR count). The van der Waals surface area contributed by atoms with Gasteiger partial charge in [0.25, 0.3) is 20.2 Å². The molecule has 0 aromatic rings. The number of ether oxygens (including phenoxy) is 6. The molecule has 3 saturated heterocycles. The Morgan fingerprint density at radius 2 is 1.05 bits per heavy atom. The van der Waals surface area contributed by atoms with Crippen LogP contribution in [0.3, 0.4) is 0 Å². The van der Waals surface area contributed by atoms with Crippen LogP contribution in [0.4, 0.5) is 0 Å². The SMILES string of the molecule is CO[C@@H]1O[C@H](S(=O)(=O)O)[C@@H](O)[C@H](O[C@@H]2O[C@H](S(=O)(=O)O)[C@@H](O)[C@H](O[C@@H]3OC[C@@H](O)[C@H](O)[C@H]3O)[C@H]2O)[C@H]1O. The molecule has 0 unspecified atom stereocenters. The van der Waals surface area contributed by atoms with E-state index in [1.54, 1.807) is 0 Å². The molecule has 0 aromatic carbocycles. The third-order valence-electron chi connectivity index (χ3n) is 5.85. The fourth-order valence-electron chi connectivity index (χ4n) is 3.94. The number of hydrogen-bond acceptors (Lipinski definition) is 17. The van der Waals surface area contributed by atoms with Crippen molar-refractivity contribution in [2.45, 2.75) is 84.7 Å². The Morgan fingerprint density at radius 1 is 0.622 bits per heavy atom. The van der Waals surface area contributed by atoms with Gasteiger partial charge in [0.2, 0.25) is 10.9 Å². The van der Waals surface area contributed by atoms with Crippen LogP contribution in [0.2, 0.25) is 0 Å². The summed E-state index contributed by atoms with van der Waals surface area (Å²) >= 11 is 0. The molecule has 3 heterocycles. The van der Waals surface area contributed by atoms with E-state index in [9.17, 15) is 61.7 Å². The first-order valence-corrected chi connectivity index (χ1v) is 13.4. The van der Waals surface area contributed by atoms with Gasteiger partial charge in [-0.05, 0) is 0 Å². The smallest absolute Gasteiger partial charge is 0.295 e. The highest BCUT2D eigenvalue weighted by Crippen LogP contribution is 2.33. The second kappa shape index (κ2) is 11.4. The van der Waals surface area contributed by atoms with Crippen LogP contribution in [0, 0.1) is 0 Å². The number of methoxy groups -OCH3 is 1. The summed E-state index contributed by atoms with van der Waals surface area (Å²) in [5.41, 5.74) is -5.05. The lowest BCUT2D eigenvalue weighted by Crippen LogP contribution is -2.66. The van der Waals surface area contributed by atoms with E-state index in [1.807, 2.05) is 0 Å². The van der Waals surface area contributed by atoms with Crippen molar-refractivity contribution in [2.24, 2.45) is 0 Å². The van der Waals surface area contributed by atoms with Gasteiger partial charge in [-0.15, -0.1) is 0 Å². The molecule has 3 aliphatic heterocycles. The van der Waals surface area contributed by atoms with Crippen molar-refractivity contribution in [3.63, 3.8) is 0 Å². The maximum Gasteiger partial charge on any atom is 0.295 e. The first kappa shape index (κ1) is 30.8. The summed E-state index contributed by atoms with van der Waals surface area (Å²) in [5.74, 6) is 0. The van der Waals surface area contributed by atoms with E-state index in [2.05, 4.69) is 0 Å². The Bertz CT molecular complexity index is 990. The van der Waals surface area contributed by atoms with Crippen molar-refractivity contribution in [1.29, 1.82) is 0 Å². The third kappa shape index (κ3) is 6.38. The molecule has 19 nitrogen and oxygen atoms in total. The summed E-state index contributed by atoms with van der Waals surface area (Å²) in [6.07, 6.45) is -24.7. The lowest BCUT2D eigenvalue weighted by molar-refractivity contribution is -0.362. The Kier molecular flexibility index (Phi) is 9.52. The van der Waals surface area contributed by atoms with Gasteiger partial charge in [-0.25, -0.2) is 0 Å². The van der Waals surface area contributed by atoms with Gasteiger partial charge >= 0.3 is 0 Å². The molecule has 218 valence electrons. The Balaban J connectivity index is 1.90. The highest BCUT2D eigenvalue weighted by molar-refractivity contribution is 7.86. The lowest BCUT2D eigenvalue weighted by Gasteiger charge is -2.46. The summed E-state index contributed by atoms with van der Waals surface area (Å²) in [4.78, 5) is 0. The van der Waals surface area contributed by atoms with Crippen molar-refractivity contribution in [2.75, 3.05) is 13.7 Å². The van der Waals surface area contributed by atoms with Crippen LogP contribution >= 0.6 is 0 Å². The van der Waals surface area contributed by atoms with E-state index < -0.39 is 112 Å². The second-order valence-electron chi connectivity index (χ2n) is 8.43. The minimum atomic E-state index is -5.30. The van der Waals surface area contributed by atoms with Crippen LogP contribution in [0.1, 0.15) is 0 Å². The Labute approximate surface area is 209 Å². The standard InChI is InChI=1S/C16H28O19S2/c1-30-12-6(20)10(8(22)15(34-12)36(24,25)26)33-14-7(21)11(9(23)16(35-14)37(27,28)29)32-13-5(19)4(18)3(17)2-31-13/h3-23H,2H2,1H3,(H,24,25,26)(H,27,28,29)/t3-,4+,5-,6-,7-,8+,9+,10-,11-,12-,13+,14-,15-,16-/m1/s1. The molecule has 14 atom stereocenters. The minimum absolute atomic E-state index is 0.587. The van der Waals surface area contributed by atoms with Gasteiger partial charge < -0.3 is 64.2 Å². The van der Waals surface area contributed by atoms with Crippen molar-refractivity contribution >= 4 is 20.2 Å². The average molecular weight is 589 g/mol. The van der Waals surface area contributed by atoms with E-state index in [0.717, 1.165) is 7.11 Å². The maximum absolute atomic E-state index is 11.8. The average Bonchev–Trinajstić information content (AvgIpc) is 2.79. The zero-order valence-electron chi connectivity index (χ0n) is 18.7. The molecule has 9 N–H and O–H groups in total. The number of aliphatic hydroxyl groups excluding tert-OH is 7. The summed E-state index contributed by atoms with van der Waals surface area (Å²) in [6, 6.07) is 0. The quantitative estimate of drug-likeness (QED) is 0.125. The summed E-state index contributed by atoms with van der Waals surface area (Å²) in [7, 11) is -9.51. The maximum atomic E-state index is 11.8. The zero-order chi connectivity index (χ0) is 28.0. The first-order chi connectivity index (χ1) is 17.0. The number of hydrogen-bond donors (Lipinski definition) is 9. The Morgan fingerprint density at radius 3 is 1.51 bits per heavy atom. The molecule has 0 saturated carbocycles. The molecule has 0 bridgehead atoms. The van der Waals surface area contributed by atoms with E-state index in [4.69, 9.17) is 28.4 Å². The molecule has 0 aromatic heterocycles. The molecule has 0 spiro atoms. The zero-order valence-corrected chi connectivity index (χ0v) is 20.3. The molecule has 3 aliphatic rings. The fourth-order valence-corrected chi connectivity index (χ4v) is 5.46. The van der Waals surface area contributed by atoms with Crippen LogP contribution in [0.15, 0.2) is 0 Å². The van der Waals surface area contributed by atoms with Crippen molar-refractivity contribution < 1.29 is 90.1 Å². The molecule has 0 amide bonds. The van der Waals surface area contributed by atoms with Crippen LogP contribution < -0.4 is 0 Å². The van der Waals surface area contributed by atoms with Gasteiger partial charge in [0.05, 0.1) is 6.61 Å². The van der Waals surface area contributed by atoms with Gasteiger partial charge in [0.15, 0.2) is 18.9 Å². The minimum Gasteiger partial charge on any atom is -0.388 e. The van der Waals surface area contributed by atoms with Crippen LogP contribution in [0.25, 0.3) is 0 Å². The largest absolute Gasteiger partial charge is 0.388 e. The highest BCUT2D eigenvalue weighted by Gasteiger charge is 2.56. The summed E-state index contributed by atoms with van der Waals surface area (Å²) < 4.78 is 95.5. The van der Waals surface area contributed by atoms with Crippen LogP contribution in [-0.4, -0.2) is 160 Å². The number of aliphatic hydroxyl groups is 7. The van der Waals surface area contributed by atoms with Crippen LogP contribution in [-0.2, 0) is 48.7 Å². The summed E-state index contributed by atoms with van der Waals surface area (Å²) in [5, 5.41) is 71.3. The normalized spacial score (nSPS) is 48.1. The topological polar surface area (TPSA) is 306 Å². The van der Waals surface area contributed by atoms with Crippen LogP contribution in [0.5, 0.6) is 0 Å². The second-order valence-corrected chi connectivity index (χ2v) is 11.4. The fraction of sp³-hybridized carbons (Fsp3) is 1.00. The molecule has 37 heavy (non-hydrogen) atoms. The molecular formula is C16H28O19S2. The van der Waals surface area contributed by atoms with E-state index >= 15 is 0 Å². The first-order valence-electron chi connectivity index (χ1n) is 10.4. The van der Waals surface area contributed by atoms with E-state index in [1.165, 1.54) is 0 Å². The molecule has 21 heteroatoms. The Hall–Kier alpha value is -0.700. The van der Waals surface area contributed by atoms with Crippen molar-refractivity contribution in [3.8, 4) is 0 Å². The van der Waals surface area contributed by atoms with Gasteiger partial charge in [0, 0.05) is 7.11 Å². The number of rotatable bonds is 7. The summed E-state index contributed by atoms with van der Waals surface area (Å²) in [6.45, 7) is -0.587. The predicted molar refractivity (Wildman–Crippen MR) is 109 cm³/mol. The third-order valence-corrected chi connectivity index (χ3v) is 7.81. The van der Waals surface area contributed by atoms with Gasteiger partial charge in [-0.1, -0.05) is 0 Å². The van der Waals surface area contributed by atoms with E-state index in [0.29, 0.717) is 0 Å². The van der Waals surface area contributed by atoms with E-state index in [-0.39, 0.29) is 0 Å². The predicted octanol–water partition coefficient (Wildman–Crippen LogP) is -6.57. The monoisotopic (exact) mass is 588 g/mol. The van der Waals surface area contributed by atoms with Crippen molar-refractivity contribution in [3.05, 3.63) is 0 Å². The van der Waals surface area contributed by atoms with Gasteiger partial charge in [-0.3, -0.25) is 9.11 Å². The lowest BCUT2D eigenvalue weighted by atomic mass is 10.0. The molecule has 3 fully saturated rings. The molecule has 0 aliphatic carbocycles. The van der Waals surface area contributed by atoms with Gasteiger partial charge in [-0.2, -0.15) is 16.8 Å². The van der Waals surface area contributed by atoms with Crippen molar-refractivity contribution in [1.82, 2.24) is 0 Å². The molecule has 0 radical (unpaired) electrons. The molecular weight excluding hydrogens is 560 g/mol. The highest BCUT2D eigenvalue weighted by atomic mass is 32.2.